The van der Waals surface area contributed by atoms with Crippen molar-refractivity contribution in [1.82, 2.24) is 5.32 Å². The summed E-state index contributed by atoms with van der Waals surface area (Å²) in [5.41, 5.74) is -3.63. The zero-order valence-electron chi connectivity index (χ0n) is 11.1. The normalized spacial score (nSPS) is 14.1. The molecule has 5 nitrogen and oxygen atoms in total. The molecule has 1 aromatic carbocycles. The van der Waals surface area contributed by atoms with E-state index in [2.05, 4.69) is 4.74 Å². The van der Waals surface area contributed by atoms with Crippen LogP contribution in [-0.4, -0.2) is 35.5 Å². The minimum absolute atomic E-state index is 0.369. The molecule has 21 heavy (non-hydrogen) atoms. The first-order valence-electron chi connectivity index (χ1n) is 6.02. The minimum Gasteiger partial charge on any atom is -0.462 e. The molecule has 0 radical (unpaired) electrons. The van der Waals surface area contributed by atoms with Gasteiger partial charge in [0.2, 0.25) is 5.91 Å². The van der Waals surface area contributed by atoms with E-state index in [-0.39, 0.29) is 6.61 Å². The molecule has 0 aliphatic rings. The van der Waals surface area contributed by atoms with Crippen molar-refractivity contribution in [2.45, 2.75) is 25.2 Å². The lowest BCUT2D eigenvalue weighted by Crippen LogP contribution is -2.64. The van der Waals surface area contributed by atoms with Crippen LogP contribution in [0.5, 0.6) is 0 Å². The highest BCUT2D eigenvalue weighted by Crippen LogP contribution is 2.29. The second-order valence-electron chi connectivity index (χ2n) is 4.14. The molecular weight excluding hydrogens is 291 g/mol. The number of amides is 1. The molecule has 0 aliphatic heterocycles. The van der Waals surface area contributed by atoms with Crippen LogP contribution >= 0.6 is 0 Å². The molecule has 0 aliphatic carbocycles. The van der Waals surface area contributed by atoms with Crippen molar-refractivity contribution in [1.29, 1.82) is 0 Å². The largest absolute Gasteiger partial charge is 0.462 e. The molecule has 1 amide bonds. The van der Waals surface area contributed by atoms with Crippen LogP contribution < -0.4 is 5.32 Å². The van der Waals surface area contributed by atoms with Crippen molar-refractivity contribution in [2.75, 3.05) is 6.61 Å². The molecule has 1 aromatic rings. The van der Waals surface area contributed by atoms with Crippen LogP contribution in [0.15, 0.2) is 30.3 Å². The number of esters is 1. The van der Waals surface area contributed by atoms with Gasteiger partial charge in [0.05, 0.1) is 13.0 Å². The Morgan fingerprint density at radius 1 is 1.24 bits per heavy atom. The number of halogens is 3. The highest BCUT2D eigenvalue weighted by atomic mass is 19.4. The van der Waals surface area contributed by atoms with Gasteiger partial charge in [0.15, 0.2) is 0 Å². The fourth-order valence-corrected chi connectivity index (χ4v) is 1.50. The topological polar surface area (TPSA) is 75.6 Å². The summed E-state index contributed by atoms with van der Waals surface area (Å²) in [7, 11) is 0. The molecule has 0 fully saturated rings. The van der Waals surface area contributed by atoms with E-state index < -0.39 is 30.2 Å². The summed E-state index contributed by atoms with van der Waals surface area (Å²) in [6, 6.07) is 7.92. The number of ether oxygens (including phenoxy) is 1. The van der Waals surface area contributed by atoms with E-state index in [1.807, 2.05) is 0 Å². The molecule has 0 bridgehead atoms. The van der Waals surface area contributed by atoms with E-state index in [4.69, 9.17) is 0 Å². The summed E-state index contributed by atoms with van der Waals surface area (Å²) in [6.45, 7) is 0.909. The Morgan fingerprint density at radius 3 is 2.29 bits per heavy atom. The Labute approximate surface area is 118 Å². The first-order valence-corrected chi connectivity index (χ1v) is 6.02. The second kappa shape index (κ2) is 6.57. The van der Waals surface area contributed by atoms with Gasteiger partial charge in [-0.15, -0.1) is 0 Å². The van der Waals surface area contributed by atoms with Crippen LogP contribution in [0.25, 0.3) is 0 Å². The van der Waals surface area contributed by atoms with E-state index >= 15 is 0 Å². The van der Waals surface area contributed by atoms with Gasteiger partial charge in [-0.3, -0.25) is 4.79 Å². The molecule has 0 aromatic heterocycles. The van der Waals surface area contributed by atoms with Crippen LogP contribution in [0, 0.1) is 0 Å². The molecule has 0 unspecified atom stereocenters. The molecule has 2 N–H and O–H groups in total. The standard InChI is InChI=1S/C13H14F3NO4/c1-2-21-11(19)12(20,13(14,15)16)17-10(18)8-9-6-4-3-5-7-9/h3-7,20H,2,8H2,1H3,(H,17,18)/t12-/m0/s1. The summed E-state index contributed by atoms with van der Waals surface area (Å²) < 4.78 is 42.6. The number of carbonyl (C=O) groups is 2. The van der Waals surface area contributed by atoms with E-state index in [0.717, 1.165) is 0 Å². The predicted molar refractivity (Wildman–Crippen MR) is 65.9 cm³/mol. The lowest BCUT2D eigenvalue weighted by molar-refractivity contribution is -0.271. The second-order valence-corrected chi connectivity index (χ2v) is 4.14. The van der Waals surface area contributed by atoms with Crippen LogP contribution in [0.3, 0.4) is 0 Å². The van der Waals surface area contributed by atoms with Gasteiger partial charge in [-0.25, -0.2) is 4.79 Å². The van der Waals surface area contributed by atoms with Crippen molar-refractivity contribution < 1.29 is 32.6 Å². The molecule has 0 saturated heterocycles. The van der Waals surface area contributed by atoms with Crippen LogP contribution in [0.2, 0.25) is 0 Å². The van der Waals surface area contributed by atoms with Crippen molar-refractivity contribution in [3.05, 3.63) is 35.9 Å². The Morgan fingerprint density at radius 2 is 1.81 bits per heavy atom. The monoisotopic (exact) mass is 305 g/mol. The van der Waals surface area contributed by atoms with Gasteiger partial charge >= 0.3 is 17.9 Å². The maximum atomic E-state index is 12.8. The minimum atomic E-state index is -5.40. The third-order valence-electron chi connectivity index (χ3n) is 2.51. The highest BCUT2D eigenvalue weighted by Gasteiger charge is 2.62. The van der Waals surface area contributed by atoms with Crippen molar-refractivity contribution in [3.8, 4) is 0 Å². The lowest BCUT2D eigenvalue weighted by atomic mass is 10.1. The lowest BCUT2D eigenvalue weighted by Gasteiger charge is -2.28. The molecule has 8 heteroatoms. The molecule has 0 spiro atoms. The Kier molecular flexibility index (Phi) is 5.31. The summed E-state index contributed by atoms with van der Waals surface area (Å²) in [5, 5.41) is 10.7. The fraction of sp³-hybridized carbons (Fsp3) is 0.385. The summed E-state index contributed by atoms with van der Waals surface area (Å²) >= 11 is 0. The molecule has 0 heterocycles. The quantitative estimate of drug-likeness (QED) is 0.632. The van der Waals surface area contributed by atoms with Crippen LogP contribution in [0.4, 0.5) is 13.2 Å². The average molecular weight is 305 g/mol. The number of rotatable bonds is 5. The SMILES string of the molecule is CCOC(=O)[C@@](O)(NC(=O)Cc1ccccc1)C(F)(F)F. The van der Waals surface area contributed by atoms with Gasteiger partial charge in [-0.05, 0) is 12.5 Å². The maximum absolute atomic E-state index is 12.8. The first-order chi connectivity index (χ1) is 9.70. The number of nitrogens with one attached hydrogen (secondary N) is 1. The van der Waals surface area contributed by atoms with Gasteiger partial charge in [0, 0.05) is 0 Å². The Hall–Kier alpha value is -2.09. The summed E-state index contributed by atoms with van der Waals surface area (Å²) in [6.07, 6.45) is -5.82. The van der Waals surface area contributed by atoms with Crippen molar-refractivity contribution in [3.63, 3.8) is 0 Å². The van der Waals surface area contributed by atoms with E-state index in [0.29, 0.717) is 5.56 Å². The number of carbonyl (C=O) groups excluding carboxylic acids is 2. The zero-order valence-corrected chi connectivity index (χ0v) is 11.1. The smallest absolute Gasteiger partial charge is 0.448 e. The van der Waals surface area contributed by atoms with Gasteiger partial charge in [0.25, 0.3) is 0 Å². The maximum Gasteiger partial charge on any atom is 0.448 e. The van der Waals surface area contributed by atoms with Gasteiger partial charge in [0.1, 0.15) is 0 Å². The van der Waals surface area contributed by atoms with Gasteiger partial charge in [-0.2, -0.15) is 13.2 Å². The molecule has 1 rings (SSSR count). The number of hydrogen-bond donors (Lipinski definition) is 2. The highest BCUT2D eigenvalue weighted by molar-refractivity contribution is 5.88. The third-order valence-corrected chi connectivity index (χ3v) is 2.51. The predicted octanol–water partition coefficient (Wildman–Crippen LogP) is 1.16. The number of alkyl halides is 3. The molecule has 0 saturated carbocycles. The van der Waals surface area contributed by atoms with E-state index in [9.17, 15) is 27.9 Å². The van der Waals surface area contributed by atoms with Crippen LogP contribution in [-0.2, 0) is 20.7 Å². The summed E-state index contributed by atoms with van der Waals surface area (Å²) in [5.74, 6) is -3.13. The number of benzene rings is 1. The Bertz CT molecular complexity index is 504. The zero-order chi connectivity index (χ0) is 16.1. The van der Waals surface area contributed by atoms with E-state index in [1.165, 1.54) is 24.4 Å². The van der Waals surface area contributed by atoms with E-state index in [1.54, 1.807) is 18.2 Å². The molecule has 1 atom stereocenters. The van der Waals surface area contributed by atoms with Crippen LogP contribution in [0.1, 0.15) is 12.5 Å². The molecule has 116 valence electrons. The van der Waals surface area contributed by atoms with Gasteiger partial charge < -0.3 is 15.2 Å². The fourth-order valence-electron chi connectivity index (χ4n) is 1.50. The molecular formula is C13H14F3NO4. The van der Waals surface area contributed by atoms with Crippen molar-refractivity contribution >= 4 is 11.9 Å². The first kappa shape index (κ1) is 17.0. The van der Waals surface area contributed by atoms with Gasteiger partial charge in [-0.1, -0.05) is 30.3 Å². The Balaban J connectivity index is 2.87. The average Bonchev–Trinajstić information content (AvgIpc) is 2.38. The third kappa shape index (κ3) is 4.19. The van der Waals surface area contributed by atoms with Crippen molar-refractivity contribution in [2.24, 2.45) is 0 Å². The number of hydrogen-bond acceptors (Lipinski definition) is 4. The summed E-state index contributed by atoms with van der Waals surface area (Å²) in [4.78, 5) is 22.9. The number of aliphatic hydroxyl groups is 1.